The third kappa shape index (κ3) is 1.60. The number of azide groups is 1. The summed E-state index contributed by atoms with van der Waals surface area (Å²) >= 11 is 0. The van der Waals surface area contributed by atoms with Crippen molar-refractivity contribution in [2.45, 2.75) is 18.5 Å². The number of nitrogens with one attached hydrogen (secondary N) is 1. The van der Waals surface area contributed by atoms with Crippen molar-refractivity contribution in [1.29, 1.82) is 0 Å². The molecule has 1 fully saturated rings. The van der Waals surface area contributed by atoms with Crippen molar-refractivity contribution in [2.24, 2.45) is 5.11 Å². The number of aliphatic hydroxyl groups excluding tert-OH is 1. The van der Waals surface area contributed by atoms with E-state index < -0.39 is 0 Å². The number of hydrogen-bond donors (Lipinski definition) is 2. The summed E-state index contributed by atoms with van der Waals surface area (Å²) in [6, 6.07) is 0.151. The van der Waals surface area contributed by atoms with E-state index in [0.29, 0.717) is 6.54 Å². The van der Waals surface area contributed by atoms with E-state index >= 15 is 0 Å². The third-order valence-electron chi connectivity index (χ3n) is 1.63. The lowest BCUT2D eigenvalue weighted by Crippen LogP contribution is -2.24. The summed E-state index contributed by atoms with van der Waals surface area (Å²) in [6.07, 6.45) is 0.751. The number of nitrogens with zero attached hydrogens (tertiary/aromatic N) is 3. The van der Waals surface area contributed by atoms with Crippen molar-refractivity contribution < 1.29 is 5.11 Å². The first-order valence-corrected chi connectivity index (χ1v) is 3.25. The van der Waals surface area contributed by atoms with Crippen LogP contribution in [0.2, 0.25) is 0 Å². The van der Waals surface area contributed by atoms with Gasteiger partial charge in [-0.3, -0.25) is 0 Å². The second-order valence-electron chi connectivity index (χ2n) is 2.38. The predicted molar refractivity (Wildman–Crippen MR) is 36.4 cm³/mol. The Morgan fingerprint density at radius 3 is 3.10 bits per heavy atom. The average molecular weight is 142 g/mol. The highest BCUT2D eigenvalue weighted by molar-refractivity contribution is 4.85. The molecule has 0 aromatic heterocycles. The van der Waals surface area contributed by atoms with Crippen LogP contribution in [0.15, 0.2) is 5.11 Å². The maximum Gasteiger partial charge on any atom is 0.0584 e. The predicted octanol–water partition coefficient (Wildman–Crippen LogP) is 0.0195. The van der Waals surface area contributed by atoms with Gasteiger partial charge < -0.3 is 10.4 Å². The molecule has 0 amide bonds. The van der Waals surface area contributed by atoms with E-state index in [1.165, 1.54) is 0 Å². The van der Waals surface area contributed by atoms with E-state index in [4.69, 9.17) is 10.6 Å². The van der Waals surface area contributed by atoms with Crippen LogP contribution < -0.4 is 5.32 Å². The highest BCUT2D eigenvalue weighted by Gasteiger charge is 2.21. The van der Waals surface area contributed by atoms with Crippen LogP contribution in [0.3, 0.4) is 0 Å². The molecule has 5 heteroatoms. The summed E-state index contributed by atoms with van der Waals surface area (Å²) in [4.78, 5) is 2.69. The van der Waals surface area contributed by atoms with Gasteiger partial charge in [-0.05, 0) is 12.0 Å². The van der Waals surface area contributed by atoms with Gasteiger partial charge in [0, 0.05) is 17.5 Å². The standard InChI is InChI=1S/C5H10N4O/c6-9-8-4-1-5(3-10)7-2-4/h4-5,7,10H,1-3H2/t4-,5-/m1/s1. The molecule has 0 spiro atoms. The van der Waals surface area contributed by atoms with Crippen LogP contribution in [0.1, 0.15) is 6.42 Å². The molecule has 1 saturated heterocycles. The normalized spacial score (nSPS) is 31.7. The van der Waals surface area contributed by atoms with Crippen LogP contribution in [0, 0.1) is 0 Å². The van der Waals surface area contributed by atoms with Crippen LogP contribution in [0.5, 0.6) is 0 Å². The monoisotopic (exact) mass is 142 g/mol. The Morgan fingerprint density at radius 2 is 2.60 bits per heavy atom. The zero-order chi connectivity index (χ0) is 7.40. The summed E-state index contributed by atoms with van der Waals surface area (Å²) in [7, 11) is 0. The summed E-state index contributed by atoms with van der Waals surface area (Å²) in [6.45, 7) is 0.812. The Labute approximate surface area is 58.7 Å². The molecule has 0 aromatic rings. The zero-order valence-corrected chi connectivity index (χ0v) is 5.56. The van der Waals surface area contributed by atoms with E-state index in [-0.39, 0.29) is 18.7 Å². The minimum absolute atomic E-state index is 0.0298. The highest BCUT2D eigenvalue weighted by Crippen LogP contribution is 2.09. The van der Waals surface area contributed by atoms with Crippen molar-refractivity contribution in [3.63, 3.8) is 0 Å². The minimum Gasteiger partial charge on any atom is -0.395 e. The fourth-order valence-corrected chi connectivity index (χ4v) is 1.10. The Balaban J connectivity index is 2.35. The van der Waals surface area contributed by atoms with Gasteiger partial charge in [0.25, 0.3) is 0 Å². The Morgan fingerprint density at radius 1 is 1.80 bits per heavy atom. The lowest BCUT2D eigenvalue weighted by atomic mass is 10.2. The van der Waals surface area contributed by atoms with Crippen LogP contribution in [-0.4, -0.2) is 30.3 Å². The molecule has 1 rings (SSSR count). The van der Waals surface area contributed by atoms with E-state index in [1.54, 1.807) is 0 Å². The molecule has 1 aliphatic rings. The molecule has 5 nitrogen and oxygen atoms in total. The van der Waals surface area contributed by atoms with Gasteiger partial charge in [0.15, 0.2) is 0 Å². The van der Waals surface area contributed by atoms with E-state index in [0.717, 1.165) is 6.42 Å². The molecule has 1 aliphatic heterocycles. The summed E-state index contributed by atoms with van der Waals surface area (Å²) < 4.78 is 0. The molecular formula is C5H10N4O. The minimum atomic E-state index is 0.0298. The second kappa shape index (κ2) is 3.41. The molecule has 0 radical (unpaired) electrons. The topological polar surface area (TPSA) is 81.0 Å². The average Bonchev–Trinajstić information content (AvgIpc) is 2.37. The van der Waals surface area contributed by atoms with Gasteiger partial charge in [-0.15, -0.1) is 0 Å². The lowest BCUT2D eigenvalue weighted by Gasteiger charge is -2.02. The smallest absolute Gasteiger partial charge is 0.0584 e. The maximum atomic E-state index is 8.65. The van der Waals surface area contributed by atoms with Gasteiger partial charge >= 0.3 is 0 Å². The van der Waals surface area contributed by atoms with Gasteiger partial charge in [0.05, 0.1) is 12.6 Å². The van der Waals surface area contributed by atoms with Crippen molar-refractivity contribution in [2.75, 3.05) is 13.2 Å². The molecule has 1 heterocycles. The third-order valence-corrected chi connectivity index (χ3v) is 1.63. The Bertz CT molecular complexity index is 154. The second-order valence-corrected chi connectivity index (χ2v) is 2.38. The maximum absolute atomic E-state index is 8.65. The van der Waals surface area contributed by atoms with Crippen molar-refractivity contribution in [3.05, 3.63) is 10.4 Å². The molecule has 0 unspecified atom stereocenters. The summed E-state index contributed by atoms with van der Waals surface area (Å²) in [5, 5.41) is 15.2. The van der Waals surface area contributed by atoms with Crippen molar-refractivity contribution in [3.8, 4) is 0 Å². The highest BCUT2D eigenvalue weighted by atomic mass is 16.3. The van der Waals surface area contributed by atoms with Crippen LogP contribution >= 0.6 is 0 Å². The fraction of sp³-hybridized carbons (Fsp3) is 1.00. The molecule has 0 saturated carbocycles. The first kappa shape index (κ1) is 7.34. The van der Waals surface area contributed by atoms with Gasteiger partial charge in [-0.1, -0.05) is 5.11 Å². The Hall–Kier alpha value is -0.770. The first-order valence-electron chi connectivity index (χ1n) is 3.25. The van der Waals surface area contributed by atoms with E-state index in [2.05, 4.69) is 15.3 Å². The lowest BCUT2D eigenvalue weighted by molar-refractivity contribution is 0.254. The van der Waals surface area contributed by atoms with Gasteiger partial charge in [-0.25, -0.2) is 0 Å². The molecule has 10 heavy (non-hydrogen) atoms. The van der Waals surface area contributed by atoms with Crippen LogP contribution in [-0.2, 0) is 0 Å². The van der Waals surface area contributed by atoms with Gasteiger partial charge in [0.2, 0.25) is 0 Å². The van der Waals surface area contributed by atoms with Crippen LogP contribution in [0.25, 0.3) is 10.4 Å². The summed E-state index contributed by atoms with van der Waals surface area (Å²) in [5.74, 6) is 0. The van der Waals surface area contributed by atoms with Crippen LogP contribution in [0.4, 0.5) is 0 Å². The van der Waals surface area contributed by atoms with Gasteiger partial charge in [0.1, 0.15) is 0 Å². The fourth-order valence-electron chi connectivity index (χ4n) is 1.10. The van der Waals surface area contributed by atoms with Crippen molar-refractivity contribution >= 4 is 0 Å². The number of rotatable bonds is 2. The molecule has 0 aliphatic carbocycles. The van der Waals surface area contributed by atoms with E-state index in [9.17, 15) is 0 Å². The Kier molecular flexibility index (Phi) is 2.50. The SMILES string of the molecule is [N-]=[N+]=N[C@H]1CN[C@@H](CO)C1. The summed E-state index contributed by atoms with van der Waals surface area (Å²) in [5.41, 5.74) is 8.05. The first-order chi connectivity index (χ1) is 4.86. The molecule has 0 aromatic carbocycles. The molecule has 2 atom stereocenters. The molecule has 56 valence electrons. The number of aliphatic hydroxyl groups is 1. The zero-order valence-electron chi connectivity index (χ0n) is 5.56. The molecule has 0 bridgehead atoms. The quantitative estimate of drug-likeness (QED) is 0.323. The largest absolute Gasteiger partial charge is 0.395 e. The number of hydrogen-bond acceptors (Lipinski definition) is 3. The van der Waals surface area contributed by atoms with Crippen molar-refractivity contribution in [1.82, 2.24) is 5.32 Å². The molecule has 2 N–H and O–H groups in total. The molecular weight excluding hydrogens is 132 g/mol. The van der Waals surface area contributed by atoms with Gasteiger partial charge in [-0.2, -0.15) is 0 Å². The van der Waals surface area contributed by atoms with E-state index in [1.807, 2.05) is 0 Å².